The zero-order valence-electron chi connectivity index (χ0n) is 15.5. The van der Waals surface area contributed by atoms with Crippen LogP contribution in [-0.4, -0.2) is 18.4 Å². The Morgan fingerprint density at radius 3 is 2.07 bits per heavy atom. The van der Waals surface area contributed by atoms with Crippen LogP contribution in [0.5, 0.6) is 0 Å². The Labute approximate surface area is 181 Å². The third kappa shape index (κ3) is 4.58. The Hall–Kier alpha value is -3.04. The van der Waals surface area contributed by atoms with Gasteiger partial charge in [-0.05, 0) is 54.1 Å². The van der Waals surface area contributed by atoms with Gasteiger partial charge in [-0.2, -0.15) is 0 Å². The summed E-state index contributed by atoms with van der Waals surface area (Å²) in [5.41, 5.74) is 1.98. The van der Waals surface area contributed by atoms with Gasteiger partial charge >= 0.3 is 0 Å². The fourth-order valence-electron chi connectivity index (χ4n) is 2.78. The summed E-state index contributed by atoms with van der Waals surface area (Å²) >= 11 is 3.29. The van der Waals surface area contributed by atoms with E-state index >= 15 is 0 Å². The normalized spacial score (nSPS) is 11.4. The van der Waals surface area contributed by atoms with E-state index in [4.69, 9.17) is 0 Å². The molecule has 0 saturated carbocycles. The van der Waals surface area contributed by atoms with E-state index in [1.807, 2.05) is 6.07 Å². The molecular formula is C21H16BrFN4O2S. The molecule has 1 aromatic heterocycles. The van der Waals surface area contributed by atoms with Gasteiger partial charge in [-0.1, -0.05) is 40.2 Å². The van der Waals surface area contributed by atoms with Crippen LogP contribution < -0.4 is 10.0 Å². The van der Waals surface area contributed by atoms with Crippen molar-refractivity contribution in [2.24, 2.45) is 0 Å². The van der Waals surface area contributed by atoms with E-state index in [0.29, 0.717) is 17.6 Å². The Balaban J connectivity index is 1.68. The summed E-state index contributed by atoms with van der Waals surface area (Å²) in [5.74, 6) is 0.0321. The summed E-state index contributed by atoms with van der Waals surface area (Å²) < 4.78 is 42.1. The zero-order chi connectivity index (χ0) is 21.1. The minimum Gasteiger partial charge on any atom is -0.363 e. The second-order valence-electron chi connectivity index (χ2n) is 6.45. The number of hydrogen-bond donors (Lipinski definition) is 2. The molecule has 3 aromatic carbocycles. The summed E-state index contributed by atoms with van der Waals surface area (Å²) in [6, 6.07) is 19.5. The maximum atomic E-state index is 13.1. The number of aromatic nitrogens is 2. The minimum absolute atomic E-state index is 0.0822. The van der Waals surface area contributed by atoms with Crippen molar-refractivity contribution in [2.75, 3.05) is 10.0 Å². The molecule has 0 saturated heterocycles. The third-order valence-corrected chi connectivity index (χ3v) is 6.18. The van der Waals surface area contributed by atoms with Crippen LogP contribution in [0.25, 0.3) is 11.0 Å². The van der Waals surface area contributed by atoms with Crippen LogP contribution in [0, 0.1) is 5.82 Å². The van der Waals surface area contributed by atoms with Crippen LogP contribution >= 0.6 is 15.9 Å². The highest BCUT2D eigenvalue weighted by Gasteiger charge is 2.19. The minimum atomic E-state index is -3.87. The average Bonchev–Trinajstić information content (AvgIpc) is 2.73. The molecule has 0 fully saturated rings. The number of nitrogens with one attached hydrogen (secondary N) is 2. The maximum Gasteiger partial charge on any atom is 0.263 e. The van der Waals surface area contributed by atoms with Crippen molar-refractivity contribution in [3.63, 3.8) is 0 Å². The summed E-state index contributed by atoms with van der Waals surface area (Å²) in [7, 11) is -3.87. The lowest BCUT2D eigenvalue weighted by atomic mass is 10.2. The zero-order valence-corrected chi connectivity index (χ0v) is 17.9. The molecule has 9 heteroatoms. The molecule has 1 heterocycles. The van der Waals surface area contributed by atoms with Crippen LogP contribution in [0.4, 0.5) is 16.0 Å². The molecule has 0 aliphatic carbocycles. The topological polar surface area (TPSA) is 84.0 Å². The Morgan fingerprint density at radius 2 is 1.43 bits per heavy atom. The quantitative estimate of drug-likeness (QED) is 0.403. The van der Waals surface area contributed by atoms with Crippen molar-refractivity contribution < 1.29 is 12.8 Å². The molecule has 0 spiro atoms. The van der Waals surface area contributed by atoms with Crippen molar-refractivity contribution in [3.8, 4) is 0 Å². The first kappa shape index (κ1) is 20.2. The molecule has 0 unspecified atom stereocenters. The molecule has 6 nitrogen and oxygen atoms in total. The number of anilines is 2. The van der Waals surface area contributed by atoms with Gasteiger partial charge in [0.1, 0.15) is 5.82 Å². The molecule has 0 radical (unpaired) electrons. The molecule has 152 valence electrons. The summed E-state index contributed by atoms with van der Waals surface area (Å²) in [6.45, 7) is 0.320. The summed E-state index contributed by atoms with van der Waals surface area (Å²) in [4.78, 5) is 9.06. The average molecular weight is 487 g/mol. The van der Waals surface area contributed by atoms with Gasteiger partial charge in [-0.3, -0.25) is 4.72 Å². The summed E-state index contributed by atoms with van der Waals surface area (Å²) in [6.07, 6.45) is 0. The van der Waals surface area contributed by atoms with Crippen LogP contribution in [-0.2, 0) is 16.6 Å². The highest BCUT2D eigenvalue weighted by atomic mass is 79.9. The number of rotatable bonds is 6. The Morgan fingerprint density at radius 1 is 0.833 bits per heavy atom. The second kappa shape index (κ2) is 8.37. The van der Waals surface area contributed by atoms with Gasteiger partial charge in [-0.15, -0.1) is 0 Å². The smallest absolute Gasteiger partial charge is 0.263 e. The van der Waals surface area contributed by atoms with Crippen molar-refractivity contribution in [1.29, 1.82) is 0 Å². The number of para-hydroxylation sites is 2. The Bertz CT molecular complexity index is 1300. The van der Waals surface area contributed by atoms with Crippen LogP contribution in [0.15, 0.2) is 82.2 Å². The van der Waals surface area contributed by atoms with Gasteiger partial charge in [-0.25, -0.2) is 22.8 Å². The van der Waals surface area contributed by atoms with Crippen LogP contribution in [0.3, 0.4) is 0 Å². The first-order valence-corrected chi connectivity index (χ1v) is 11.2. The molecule has 30 heavy (non-hydrogen) atoms. The van der Waals surface area contributed by atoms with E-state index in [9.17, 15) is 12.8 Å². The van der Waals surface area contributed by atoms with Gasteiger partial charge in [0.05, 0.1) is 15.9 Å². The number of sulfonamides is 1. The molecule has 0 aliphatic heterocycles. The standard InChI is InChI=1S/C21H16BrFN4O2S/c22-15-7-11-17(12-8-15)30(28,29)27-21-20(24-13-14-5-9-16(23)10-6-14)25-18-3-1-2-4-19(18)26-21/h1-12H,13H2,(H,24,25)(H,26,27). The first-order valence-electron chi connectivity index (χ1n) is 8.94. The highest BCUT2D eigenvalue weighted by molar-refractivity contribution is 9.10. The molecular weight excluding hydrogens is 471 g/mol. The number of fused-ring (bicyclic) bond motifs is 1. The number of benzene rings is 3. The van der Waals surface area contributed by atoms with E-state index < -0.39 is 10.0 Å². The van der Waals surface area contributed by atoms with Crippen LogP contribution in [0.1, 0.15) is 5.56 Å². The lowest BCUT2D eigenvalue weighted by Crippen LogP contribution is -2.16. The number of hydrogen-bond acceptors (Lipinski definition) is 5. The number of nitrogens with zero attached hydrogens (tertiary/aromatic N) is 2. The van der Waals surface area contributed by atoms with Gasteiger partial charge in [0.2, 0.25) is 0 Å². The Kier molecular flexibility index (Phi) is 5.65. The van der Waals surface area contributed by atoms with E-state index in [1.165, 1.54) is 24.3 Å². The second-order valence-corrected chi connectivity index (χ2v) is 9.05. The van der Waals surface area contributed by atoms with E-state index in [2.05, 4.69) is 35.9 Å². The predicted octanol–water partition coefficient (Wildman–Crippen LogP) is 4.94. The van der Waals surface area contributed by atoms with Gasteiger partial charge < -0.3 is 5.32 Å². The van der Waals surface area contributed by atoms with Crippen molar-refractivity contribution in [2.45, 2.75) is 11.4 Å². The maximum absolute atomic E-state index is 13.1. The van der Waals surface area contributed by atoms with Crippen molar-refractivity contribution >= 4 is 48.6 Å². The molecule has 2 N–H and O–H groups in total. The molecule has 0 aliphatic rings. The first-order chi connectivity index (χ1) is 14.4. The van der Waals surface area contributed by atoms with Crippen molar-refractivity contribution in [1.82, 2.24) is 9.97 Å². The largest absolute Gasteiger partial charge is 0.363 e. The molecule has 4 aromatic rings. The predicted molar refractivity (Wildman–Crippen MR) is 118 cm³/mol. The number of halogens is 2. The molecule has 4 rings (SSSR count). The fourth-order valence-corrected chi connectivity index (χ4v) is 4.06. The van der Waals surface area contributed by atoms with E-state index in [1.54, 1.807) is 42.5 Å². The lowest BCUT2D eigenvalue weighted by Gasteiger charge is -2.14. The van der Waals surface area contributed by atoms with E-state index in [0.717, 1.165) is 10.0 Å². The fraction of sp³-hybridized carbons (Fsp3) is 0.0476. The lowest BCUT2D eigenvalue weighted by molar-refractivity contribution is 0.601. The SMILES string of the molecule is O=S(=O)(Nc1nc2ccccc2nc1NCc1ccc(F)cc1)c1ccc(Br)cc1. The van der Waals surface area contributed by atoms with E-state index in [-0.39, 0.29) is 22.3 Å². The van der Waals surface area contributed by atoms with Gasteiger partial charge in [0.25, 0.3) is 10.0 Å². The highest BCUT2D eigenvalue weighted by Crippen LogP contribution is 2.25. The van der Waals surface area contributed by atoms with Crippen LogP contribution in [0.2, 0.25) is 0 Å². The third-order valence-electron chi connectivity index (χ3n) is 4.30. The van der Waals surface area contributed by atoms with Gasteiger partial charge in [0, 0.05) is 11.0 Å². The monoisotopic (exact) mass is 486 g/mol. The summed E-state index contributed by atoms with van der Waals surface area (Å²) in [5, 5.41) is 3.09. The van der Waals surface area contributed by atoms with Crippen molar-refractivity contribution in [3.05, 3.63) is 88.6 Å². The molecule has 0 amide bonds. The molecule has 0 bridgehead atoms. The molecule has 0 atom stereocenters. The van der Waals surface area contributed by atoms with Gasteiger partial charge in [0.15, 0.2) is 11.6 Å².